The van der Waals surface area contributed by atoms with Gasteiger partial charge in [0.1, 0.15) is 11.8 Å². The number of nitrogens with zero attached hydrogens (tertiary/aromatic N) is 1. The summed E-state index contributed by atoms with van der Waals surface area (Å²) >= 11 is 0. The van der Waals surface area contributed by atoms with Crippen LogP contribution in [0.15, 0.2) is 24.3 Å². The van der Waals surface area contributed by atoms with Gasteiger partial charge < -0.3 is 5.11 Å². The number of carbonyl (C=O) groups is 2. The van der Waals surface area contributed by atoms with Crippen LogP contribution >= 0.6 is 0 Å². The van der Waals surface area contributed by atoms with Crippen molar-refractivity contribution in [3.8, 4) is 0 Å². The molecule has 0 spiro atoms. The number of carbonyl (C=O) groups excluding carboxylic acids is 1. The molecule has 1 saturated heterocycles. The first kappa shape index (κ1) is 13.7. The smallest absolute Gasteiger partial charge is 0.321 e. The molecule has 1 aliphatic rings. The second kappa shape index (κ2) is 5.53. The minimum atomic E-state index is -0.912. The van der Waals surface area contributed by atoms with Gasteiger partial charge in [-0.15, -0.1) is 0 Å². The second-order valence-corrected chi connectivity index (χ2v) is 5.40. The highest BCUT2D eigenvalue weighted by Gasteiger charge is 2.35. The molecule has 1 atom stereocenters. The third kappa shape index (κ3) is 3.20. The molecule has 0 radical (unpaired) electrons. The fraction of sp³-hybridized carbons (Fsp3) is 0.467. The fourth-order valence-corrected chi connectivity index (χ4v) is 2.40. The van der Waals surface area contributed by atoms with Gasteiger partial charge in [-0.25, -0.2) is 0 Å². The van der Waals surface area contributed by atoms with Crippen LogP contribution in [-0.2, 0) is 16.1 Å². The van der Waals surface area contributed by atoms with Gasteiger partial charge in [0.2, 0.25) is 0 Å². The van der Waals surface area contributed by atoms with Crippen molar-refractivity contribution in [2.75, 3.05) is 6.54 Å². The zero-order valence-corrected chi connectivity index (χ0v) is 11.3. The molecule has 1 aromatic carbocycles. The lowest BCUT2D eigenvalue weighted by molar-refractivity contribution is -0.142. The maximum absolute atomic E-state index is 11.4. The minimum Gasteiger partial charge on any atom is -0.480 e. The lowest BCUT2D eigenvalue weighted by Crippen LogP contribution is -2.35. The van der Waals surface area contributed by atoms with E-state index in [1.54, 1.807) is 4.90 Å². The van der Waals surface area contributed by atoms with Crippen LogP contribution in [0.3, 0.4) is 0 Å². The minimum absolute atomic E-state index is 0.00574. The molecule has 1 fully saturated rings. The highest BCUT2D eigenvalue weighted by atomic mass is 16.4. The summed E-state index contributed by atoms with van der Waals surface area (Å²) in [6.45, 7) is 5.02. The SMILES string of the molecule is CC(C)c1ccc(CN2CC(=O)CC2C(=O)O)cc1. The molecule has 4 nitrogen and oxygen atoms in total. The van der Waals surface area contributed by atoms with Crippen LogP contribution < -0.4 is 0 Å². The van der Waals surface area contributed by atoms with Crippen molar-refractivity contribution in [3.63, 3.8) is 0 Å². The lowest BCUT2D eigenvalue weighted by Gasteiger charge is -2.20. The molecule has 2 rings (SSSR count). The first-order chi connectivity index (χ1) is 8.97. The summed E-state index contributed by atoms with van der Waals surface area (Å²) in [6, 6.07) is 7.48. The largest absolute Gasteiger partial charge is 0.480 e. The van der Waals surface area contributed by atoms with E-state index in [1.165, 1.54) is 5.56 Å². The van der Waals surface area contributed by atoms with Crippen LogP contribution in [-0.4, -0.2) is 34.3 Å². The van der Waals surface area contributed by atoms with Crippen molar-refractivity contribution in [2.45, 2.75) is 38.8 Å². The Morgan fingerprint density at radius 2 is 2.00 bits per heavy atom. The number of Topliss-reactive ketones (excluding diaryl/α,β-unsaturated/α-hetero) is 1. The summed E-state index contributed by atoms with van der Waals surface area (Å²) < 4.78 is 0. The molecule has 0 aromatic heterocycles. The quantitative estimate of drug-likeness (QED) is 0.901. The van der Waals surface area contributed by atoms with Gasteiger partial charge in [-0.1, -0.05) is 38.1 Å². The molecule has 1 unspecified atom stereocenters. The van der Waals surface area contributed by atoms with E-state index in [1.807, 2.05) is 12.1 Å². The van der Waals surface area contributed by atoms with Crippen LogP contribution in [0.5, 0.6) is 0 Å². The van der Waals surface area contributed by atoms with Crippen LogP contribution in [0.25, 0.3) is 0 Å². The van der Waals surface area contributed by atoms with Gasteiger partial charge in [0.25, 0.3) is 0 Å². The monoisotopic (exact) mass is 261 g/mol. The Morgan fingerprint density at radius 1 is 1.37 bits per heavy atom. The Kier molecular flexibility index (Phi) is 4.00. The van der Waals surface area contributed by atoms with Crippen molar-refractivity contribution in [2.24, 2.45) is 0 Å². The molecule has 0 aliphatic carbocycles. The molecule has 1 aliphatic heterocycles. The zero-order valence-electron chi connectivity index (χ0n) is 11.3. The van der Waals surface area contributed by atoms with Gasteiger partial charge in [-0.3, -0.25) is 14.5 Å². The van der Waals surface area contributed by atoms with E-state index in [0.717, 1.165) is 5.56 Å². The zero-order chi connectivity index (χ0) is 14.0. The Bertz CT molecular complexity index is 479. The van der Waals surface area contributed by atoms with E-state index >= 15 is 0 Å². The highest BCUT2D eigenvalue weighted by molar-refractivity contribution is 5.90. The van der Waals surface area contributed by atoms with Gasteiger partial charge >= 0.3 is 5.97 Å². The number of carboxylic acid groups (broad SMARTS) is 1. The molecular weight excluding hydrogens is 242 g/mol. The number of likely N-dealkylation sites (tertiary alicyclic amines) is 1. The average molecular weight is 261 g/mol. The first-order valence-electron chi connectivity index (χ1n) is 6.54. The van der Waals surface area contributed by atoms with Gasteiger partial charge in [0.15, 0.2) is 0 Å². The molecule has 0 saturated carbocycles. The third-order valence-corrected chi connectivity index (χ3v) is 3.56. The lowest BCUT2D eigenvalue weighted by atomic mass is 10.0. The number of hydrogen-bond donors (Lipinski definition) is 1. The molecule has 0 bridgehead atoms. The maximum atomic E-state index is 11.4. The van der Waals surface area contributed by atoms with Crippen LogP contribution in [0.2, 0.25) is 0 Å². The number of ketones is 1. The van der Waals surface area contributed by atoms with Crippen LogP contribution in [0.4, 0.5) is 0 Å². The molecule has 19 heavy (non-hydrogen) atoms. The van der Waals surface area contributed by atoms with Crippen molar-refractivity contribution >= 4 is 11.8 Å². The molecular formula is C15H19NO3. The van der Waals surface area contributed by atoms with Crippen LogP contribution in [0, 0.1) is 0 Å². The van der Waals surface area contributed by atoms with E-state index in [0.29, 0.717) is 12.5 Å². The highest BCUT2D eigenvalue weighted by Crippen LogP contribution is 2.20. The maximum Gasteiger partial charge on any atom is 0.321 e. The Morgan fingerprint density at radius 3 is 2.53 bits per heavy atom. The van der Waals surface area contributed by atoms with Gasteiger partial charge in [-0.2, -0.15) is 0 Å². The Balaban J connectivity index is 2.07. The Labute approximate surface area is 113 Å². The predicted molar refractivity (Wildman–Crippen MR) is 72.0 cm³/mol. The van der Waals surface area contributed by atoms with E-state index < -0.39 is 12.0 Å². The standard InChI is InChI=1S/C15H19NO3/c1-10(2)12-5-3-11(4-6-12)8-16-9-13(17)7-14(16)15(18)19/h3-6,10,14H,7-9H2,1-2H3,(H,18,19). The fourth-order valence-electron chi connectivity index (χ4n) is 2.40. The molecule has 4 heteroatoms. The summed E-state index contributed by atoms with van der Waals surface area (Å²) in [5, 5.41) is 9.10. The predicted octanol–water partition coefficient (Wildman–Crippen LogP) is 2.04. The number of aliphatic carboxylic acids is 1. The number of benzene rings is 1. The summed E-state index contributed by atoms with van der Waals surface area (Å²) in [4.78, 5) is 24.2. The van der Waals surface area contributed by atoms with Crippen molar-refractivity contribution in [1.82, 2.24) is 4.90 Å². The van der Waals surface area contributed by atoms with Crippen molar-refractivity contribution in [3.05, 3.63) is 35.4 Å². The number of carboxylic acids is 1. The van der Waals surface area contributed by atoms with E-state index in [9.17, 15) is 9.59 Å². The number of hydrogen-bond acceptors (Lipinski definition) is 3. The van der Waals surface area contributed by atoms with Gasteiger partial charge in [0, 0.05) is 13.0 Å². The molecule has 1 aromatic rings. The van der Waals surface area contributed by atoms with Crippen molar-refractivity contribution in [1.29, 1.82) is 0 Å². The molecule has 102 valence electrons. The second-order valence-electron chi connectivity index (χ2n) is 5.40. The van der Waals surface area contributed by atoms with Gasteiger partial charge in [0.05, 0.1) is 6.54 Å². The summed E-state index contributed by atoms with van der Waals surface area (Å²) in [5.41, 5.74) is 2.31. The molecule has 1 heterocycles. The van der Waals surface area contributed by atoms with Gasteiger partial charge in [-0.05, 0) is 17.0 Å². The number of rotatable bonds is 4. The topological polar surface area (TPSA) is 57.6 Å². The first-order valence-corrected chi connectivity index (χ1v) is 6.54. The average Bonchev–Trinajstić information content (AvgIpc) is 2.71. The third-order valence-electron chi connectivity index (χ3n) is 3.56. The van der Waals surface area contributed by atoms with E-state index in [2.05, 4.69) is 26.0 Å². The van der Waals surface area contributed by atoms with E-state index in [4.69, 9.17) is 5.11 Å². The molecule has 0 amide bonds. The summed E-state index contributed by atoms with van der Waals surface area (Å²) in [7, 11) is 0. The van der Waals surface area contributed by atoms with Crippen molar-refractivity contribution < 1.29 is 14.7 Å². The van der Waals surface area contributed by atoms with Crippen LogP contribution in [0.1, 0.15) is 37.3 Å². The Hall–Kier alpha value is -1.68. The molecule has 1 N–H and O–H groups in total. The summed E-state index contributed by atoms with van der Waals surface area (Å²) in [6.07, 6.45) is 0.124. The summed E-state index contributed by atoms with van der Waals surface area (Å²) in [5.74, 6) is -0.426. The van der Waals surface area contributed by atoms with E-state index in [-0.39, 0.29) is 18.7 Å². The normalized spacial score (nSPS) is 20.2.